The highest BCUT2D eigenvalue weighted by Crippen LogP contribution is 2.36. The van der Waals surface area contributed by atoms with E-state index < -0.39 is 0 Å². The molecular weight excluding hydrogens is 220 g/mol. The second kappa shape index (κ2) is 3.54. The molecule has 2 nitrogen and oxygen atoms in total. The minimum absolute atomic E-state index is 0.0231. The first kappa shape index (κ1) is 9.74. The Kier molecular flexibility index (Phi) is 2.15. The minimum Gasteiger partial charge on any atom is -0.357 e. The zero-order valence-electron chi connectivity index (χ0n) is 8.76. The molecule has 16 heavy (non-hydrogen) atoms. The van der Waals surface area contributed by atoms with Crippen LogP contribution >= 0.6 is 11.6 Å². The highest BCUT2D eigenvalue weighted by Gasteiger charge is 2.23. The molecule has 3 rings (SSSR count). The molecule has 0 saturated carbocycles. The maximum Gasteiger partial charge on any atom is 0.0865 e. The molecule has 1 aromatic heterocycles. The van der Waals surface area contributed by atoms with Gasteiger partial charge in [0.1, 0.15) is 0 Å². The van der Waals surface area contributed by atoms with Gasteiger partial charge in [-0.15, -0.1) is 0 Å². The Hall–Kier alpha value is -1.46. The summed E-state index contributed by atoms with van der Waals surface area (Å²) in [6, 6.07) is 8.24. The molecule has 0 fully saturated rings. The van der Waals surface area contributed by atoms with Gasteiger partial charge in [0.2, 0.25) is 0 Å². The van der Waals surface area contributed by atoms with Crippen LogP contribution in [0.3, 0.4) is 0 Å². The number of aryl methyl sites for hydroxylation is 1. The Morgan fingerprint density at radius 3 is 3.12 bits per heavy atom. The monoisotopic (exact) mass is 230 g/mol. The molecule has 0 amide bonds. The number of nitriles is 1. The molecule has 0 radical (unpaired) electrons. The maximum absolute atomic E-state index is 9.12. The van der Waals surface area contributed by atoms with Crippen LogP contribution in [0.1, 0.15) is 30.0 Å². The van der Waals surface area contributed by atoms with Crippen LogP contribution in [0.5, 0.6) is 0 Å². The van der Waals surface area contributed by atoms with Crippen molar-refractivity contribution in [3.63, 3.8) is 0 Å². The first-order valence-corrected chi connectivity index (χ1v) is 5.87. The van der Waals surface area contributed by atoms with E-state index in [4.69, 9.17) is 16.9 Å². The number of fused-ring (bicyclic) bond motifs is 3. The van der Waals surface area contributed by atoms with Gasteiger partial charge in [0.25, 0.3) is 0 Å². The van der Waals surface area contributed by atoms with E-state index in [1.54, 1.807) is 0 Å². The predicted molar refractivity (Wildman–Crippen MR) is 64.6 cm³/mol. The molecule has 0 bridgehead atoms. The molecule has 1 atom stereocenters. The number of hydrogen-bond donors (Lipinski definition) is 1. The van der Waals surface area contributed by atoms with Crippen LogP contribution < -0.4 is 0 Å². The molecule has 1 aromatic carbocycles. The van der Waals surface area contributed by atoms with Crippen molar-refractivity contribution < 1.29 is 0 Å². The van der Waals surface area contributed by atoms with E-state index in [9.17, 15) is 0 Å². The largest absolute Gasteiger partial charge is 0.357 e. The van der Waals surface area contributed by atoms with Gasteiger partial charge in [-0.2, -0.15) is 5.26 Å². The lowest BCUT2D eigenvalue weighted by atomic mass is 9.88. The van der Waals surface area contributed by atoms with Crippen molar-refractivity contribution in [2.24, 2.45) is 0 Å². The minimum atomic E-state index is 0.0231. The fraction of sp³-hybridized carbons (Fsp3) is 0.308. The van der Waals surface area contributed by atoms with Crippen LogP contribution in [0.2, 0.25) is 5.02 Å². The molecule has 80 valence electrons. The van der Waals surface area contributed by atoms with Crippen LogP contribution in [-0.2, 0) is 6.42 Å². The lowest BCUT2D eigenvalue weighted by Crippen LogP contribution is -2.06. The summed E-state index contributed by atoms with van der Waals surface area (Å²) in [6.07, 6.45) is 3.10. The zero-order chi connectivity index (χ0) is 11.1. The molecule has 0 spiro atoms. The Balaban J connectivity index is 2.30. The predicted octanol–water partition coefficient (Wildman–Crippen LogP) is 3.76. The average Bonchev–Trinajstić information content (AvgIpc) is 2.67. The molecule has 0 aliphatic heterocycles. The van der Waals surface area contributed by atoms with Crippen LogP contribution in [0, 0.1) is 11.3 Å². The molecular formula is C13H11ClN2. The van der Waals surface area contributed by atoms with Crippen molar-refractivity contribution in [2.45, 2.75) is 25.2 Å². The third-order valence-corrected chi connectivity index (χ3v) is 3.56. The number of benzene rings is 1. The normalized spacial score (nSPS) is 19.4. The van der Waals surface area contributed by atoms with Gasteiger partial charge in [0.15, 0.2) is 0 Å². The van der Waals surface area contributed by atoms with Crippen molar-refractivity contribution in [3.8, 4) is 6.07 Å². The summed E-state index contributed by atoms with van der Waals surface area (Å²) >= 11 is 6.01. The SMILES string of the molecule is N#C[C@H]1CCCc2c1[nH]c1ccc(Cl)cc21. The van der Waals surface area contributed by atoms with E-state index in [0.717, 1.165) is 35.5 Å². The average molecular weight is 231 g/mol. The quantitative estimate of drug-likeness (QED) is 0.735. The first-order valence-electron chi connectivity index (χ1n) is 5.49. The summed E-state index contributed by atoms with van der Waals surface area (Å²) in [5, 5.41) is 11.1. The van der Waals surface area contributed by atoms with Gasteiger partial charge in [0, 0.05) is 21.6 Å². The maximum atomic E-state index is 9.12. The number of nitrogens with one attached hydrogen (secondary N) is 1. The topological polar surface area (TPSA) is 39.6 Å². The third-order valence-electron chi connectivity index (χ3n) is 3.33. The van der Waals surface area contributed by atoms with E-state index in [1.165, 1.54) is 10.9 Å². The Morgan fingerprint density at radius 1 is 1.44 bits per heavy atom. The summed E-state index contributed by atoms with van der Waals surface area (Å²) in [4.78, 5) is 3.36. The second-order valence-corrected chi connectivity index (χ2v) is 4.72. The summed E-state index contributed by atoms with van der Waals surface area (Å²) in [7, 11) is 0. The highest BCUT2D eigenvalue weighted by molar-refractivity contribution is 6.31. The first-order chi connectivity index (χ1) is 7.79. The van der Waals surface area contributed by atoms with Crippen molar-refractivity contribution in [3.05, 3.63) is 34.5 Å². The van der Waals surface area contributed by atoms with E-state index in [1.807, 2.05) is 18.2 Å². The molecule has 1 aliphatic rings. The molecule has 0 saturated heterocycles. The van der Waals surface area contributed by atoms with Gasteiger partial charge < -0.3 is 4.98 Å². The van der Waals surface area contributed by atoms with Gasteiger partial charge in [-0.05, 0) is 43.0 Å². The van der Waals surface area contributed by atoms with E-state index in [-0.39, 0.29) is 5.92 Å². The Labute approximate surface area is 98.8 Å². The lowest BCUT2D eigenvalue weighted by molar-refractivity contribution is 0.629. The van der Waals surface area contributed by atoms with Crippen molar-refractivity contribution in [2.75, 3.05) is 0 Å². The van der Waals surface area contributed by atoms with Gasteiger partial charge in [-0.1, -0.05) is 11.6 Å². The van der Waals surface area contributed by atoms with E-state index in [2.05, 4.69) is 11.1 Å². The summed E-state index contributed by atoms with van der Waals surface area (Å²) in [6.45, 7) is 0. The smallest absolute Gasteiger partial charge is 0.0865 e. The van der Waals surface area contributed by atoms with E-state index in [0.29, 0.717) is 0 Å². The summed E-state index contributed by atoms with van der Waals surface area (Å²) < 4.78 is 0. The number of hydrogen-bond acceptors (Lipinski definition) is 1. The lowest BCUT2D eigenvalue weighted by Gasteiger charge is -2.16. The van der Waals surface area contributed by atoms with Crippen LogP contribution in [0.25, 0.3) is 10.9 Å². The molecule has 1 aliphatic carbocycles. The standard InChI is InChI=1S/C13H11ClN2/c14-9-4-5-12-11(6-9)10-3-1-2-8(7-15)13(10)16-12/h4-6,8,16H,1-3H2/t8-/m1/s1. The van der Waals surface area contributed by atoms with Crippen LogP contribution in [-0.4, -0.2) is 4.98 Å². The second-order valence-electron chi connectivity index (χ2n) is 4.28. The Morgan fingerprint density at radius 2 is 2.31 bits per heavy atom. The van der Waals surface area contributed by atoms with Gasteiger partial charge in [-0.3, -0.25) is 0 Å². The fourth-order valence-corrected chi connectivity index (χ4v) is 2.74. The number of nitrogens with zero attached hydrogens (tertiary/aromatic N) is 1. The van der Waals surface area contributed by atoms with Crippen LogP contribution in [0.4, 0.5) is 0 Å². The van der Waals surface area contributed by atoms with Crippen molar-refractivity contribution in [1.82, 2.24) is 4.98 Å². The summed E-state index contributed by atoms with van der Waals surface area (Å²) in [5.74, 6) is 0.0231. The fourth-order valence-electron chi connectivity index (χ4n) is 2.56. The Bertz CT molecular complexity index is 592. The third kappa shape index (κ3) is 1.32. The molecule has 1 heterocycles. The molecule has 1 N–H and O–H groups in total. The number of H-pyrrole nitrogens is 1. The summed E-state index contributed by atoms with van der Waals surface area (Å²) in [5.41, 5.74) is 3.48. The zero-order valence-corrected chi connectivity index (χ0v) is 9.51. The number of halogens is 1. The van der Waals surface area contributed by atoms with Crippen LogP contribution in [0.15, 0.2) is 18.2 Å². The molecule has 2 aromatic rings. The van der Waals surface area contributed by atoms with Crippen molar-refractivity contribution >= 4 is 22.5 Å². The van der Waals surface area contributed by atoms with E-state index >= 15 is 0 Å². The van der Waals surface area contributed by atoms with Crippen molar-refractivity contribution in [1.29, 1.82) is 5.26 Å². The van der Waals surface area contributed by atoms with Gasteiger partial charge >= 0.3 is 0 Å². The number of aromatic amines is 1. The van der Waals surface area contributed by atoms with Gasteiger partial charge in [-0.25, -0.2) is 0 Å². The number of rotatable bonds is 0. The highest BCUT2D eigenvalue weighted by atomic mass is 35.5. The van der Waals surface area contributed by atoms with Gasteiger partial charge in [0.05, 0.1) is 12.0 Å². The molecule has 3 heteroatoms. The number of aromatic nitrogens is 1. The molecule has 0 unspecified atom stereocenters.